The first-order valence-electron chi connectivity index (χ1n) is 7.21. The Kier molecular flexibility index (Phi) is 2.84. The van der Waals surface area contributed by atoms with Gasteiger partial charge >= 0.3 is 6.03 Å². The first-order valence-corrected chi connectivity index (χ1v) is 7.59. The second-order valence-corrected chi connectivity index (χ2v) is 6.27. The van der Waals surface area contributed by atoms with Crippen LogP contribution in [0.1, 0.15) is 24.9 Å². The molecule has 2 aromatic carbocycles. The second-order valence-electron chi connectivity index (χ2n) is 5.84. The number of hydrogen-bond donors (Lipinski definition) is 1. The lowest BCUT2D eigenvalue weighted by atomic mass is 9.90. The van der Waals surface area contributed by atoms with Crippen molar-refractivity contribution in [1.82, 2.24) is 5.32 Å². The summed E-state index contributed by atoms with van der Waals surface area (Å²) in [5.41, 5.74) is 1.02. The van der Waals surface area contributed by atoms with Crippen molar-refractivity contribution >= 4 is 23.3 Å². The lowest BCUT2D eigenvalue weighted by molar-refractivity contribution is 0.0379. The molecule has 22 heavy (non-hydrogen) atoms. The highest BCUT2D eigenvalue weighted by Gasteiger charge is 2.49. The first kappa shape index (κ1) is 13.5. The third-order valence-corrected chi connectivity index (χ3v) is 4.48. The van der Waals surface area contributed by atoms with Crippen molar-refractivity contribution in [1.29, 1.82) is 0 Å². The van der Waals surface area contributed by atoms with Gasteiger partial charge in [0.2, 0.25) is 0 Å². The molecule has 2 aromatic rings. The number of hydrogen-bond acceptors (Lipinski definition) is 2. The molecule has 1 N–H and O–H groups in total. The minimum atomic E-state index is -0.730. The number of rotatable bonds is 1. The molecule has 0 spiro atoms. The number of anilines is 1. The highest BCUT2D eigenvalue weighted by atomic mass is 35.5. The van der Waals surface area contributed by atoms with E-state index in [1.807, 2.05) is 43.3 Å². The largest absolute Gasteiger partial charge is 0.467 e. The summed E-state index contributed by atoms with van der Waals surface area (Å²) in [4.78, 5) is 14.3. The predicted molar refractivity (Wildman–Crippen MR) is 85.3 cm³/mol. The Morgan fingerprint density at radius 2 is 2.09 bits per heavy atom. The van der Waals surface area contributed by atoms with Crippen LogP contribution in [0.4, 0.5) is 10.5 Å². The average molecular weight is 315 g/mol. The van der Waals surface area contributed by atoms with Crippen LogP contribution in [0.5, 0.6) is 5.75 Å². The fraction of sp³-hybridized carbons (Fsp3) is 0.235. The number of halogens is 1. The molecule has 4 nitrogen and oxygen atoms in total. The molecule has 5 heteroatoms. The molecule has 0 radical (unpaired) electrons. The minimum absolute atomic E-state index is 0.0297. The van der Waals surface area contributed by atoms with Crippen molar-refractivity contribution in [3.05, 3.63) is 59.1 Å². The standard InChI is InChI=1S/C17H15ClN2O2/c1-17-10-14(13-7-2-3-8-15(13)22-17)19-16(21)20(17)12-6-4-5-11(18)9-12/h2-9,14H,10H2,1H3,(H,19,21)/t14-,17-/m0/s1. The summed E-state index contributed by atoms with van der Waals surface area (Å²) in [5.74, 6) is 0.813. The first-order chi connectivity index (χ1) is 10.6. The zero-order valence-corrected chi connectivity index (χ0v) is 12.8. The van der Waals surface area contributed by atoms with Gasteiger partial charge in [-0.1, -0.05) is 35.9 Å². The molecule has 1 saturated heterocycles. The number of nitrogens with zero attached hydrogens (tertiary/aromatic N) is 1. The molecule has 2 atom stereocenters. The Hall–Kier alpha value is -2.20. The summed E-state index contributed by atoms with van der Waals surface area (Å²) in [5, 5.41) is 3.65. The lowest BCUT2D eigenvalue weighted by Gasteiger charge is -2.50. The number of fused-ring (bicyclic) bond motifs is 4. The molecule has 2 aliphatic heterocycles. The predicted octanol–water partition coefficient (Wildman–Crippen LogP) is 4.11. The van der Waals surface area contributed by atoms with Crippen molar-refractivity contribution < 1.29 is 9.53 Å². The van der Waals surface area contributed by atoms with E-state index in [2.05, 4.69) is 5.32 Å². The van der Waals surface area contributed by atoms with Gasteiger partial charge in [0.25, 0.3) is 0 Å². The smallest absolute Gasteiger partial charge is 0.325 e. The van der Waals surface area contributed by atoms with Gasteiger partial charge in [0, 0.05) is 17.0 Å². The third kappa shape index (κ3) is 1.95. The van der Waals surface area contributed by atoms with Crippen molar-refractivity contribution in [2.45, 2.75) is 25.1 Å². The highest BCUT2D eigenvalue weighted by molar-refractivity contribution is 6.30. The normalized spacial score (nSPS) is 26.0. The van der Waals surface area contributed by atoms with E-state index >= 15 is 0 Å². The Balaban J connectivity index is 1.82. The van der Waals surface area contributed by atoms with Gasteiger partial charge in [0.1, 0.15) is 5.75 Å². The molecular weight excluding hydrogens is 300 g/mol. The van der Waals surface area contributed by atoms with Crippen LogP contribution >= 0.6 is 11.6 Å². The van der Waals surface area contributed by atoms with Gasteiger partial charge in [-0.2, -0.15) is 0 Å². The molecule has 1 fully saturated rings. The number of carbonyl (C=O) groups is 1. The van der Waals surface area contributed by atoms with Crippen molar-refractivity contribution in [2.75, 3.05) is 4.90 Å². The van der Waals surface area contributed by atoms with Crippen LogP contribution in [-0.2, 0) is 0 Å². The number of amides is 2. The molecule has 0 saturated carbocycles. The lowest BCUT2D eigenvalue weighted by Crippen LogP contribution is -2.65. The molecule has 112 valence electrons. The molecule has 2 amide bonds. The van der Waals surface area contributed by atoms with Crippen molar-refractivity contribution in [3.63, 3.8) is 0 Å². The van der Waals surface area contributed by atoms with Crippen LogP contribution in [0.15, 0.2) is 48.5 Å². The maximum Gasteiger partial charge on any atom is 0.325 e. The van der Waals surface area contributed by atoms with E-state index in [1.165, 1.54) is 0 Å². The number of nitrogens with one attached hydrogen (secondary N) is 1. The van der Waals surface area contributed by atoms with Gasteiger partial charge in [-0.15, -0.1) is 0 Å². The van der Waals surface area contributed by atoms with E-state index in [4.69, 9.17) is 16.3 Å². The topological polar surface area (TPSA) is 41.6 Å². The molecular formula is C17H15ClN2O2. The van der Waals surface area contributed by atoms with Crippen molar-refractivity contribution in [2.24, 2.45) is 0 Å². The van der Waals surface area contributed by atoms with Crippen LogP contribution < -0.4 is 15.0 Å². The van der Waals surface area contributed by atoms with E-state index < -0.39 is 5.72 Å². The van der Waals surface area contributed by atoms with Crippen LogP contribution in [0, 0.1) is 0 Å². The number of benzene rings is 2. The number of para-hydroxylation sites is 1. The van der Waals surface area contributed by atoms with Gasteiger partial charge in [-0.25, -0.2) is 4.79 Å². The maximum atomic E-state index is 12.6. The Morgan fingerprint density at radius 3 is 2.91 bits per heavy atom. The highest BCUT2D eigenvalue weighted by Crippen LogP contribution is 2.45. The molecule has 0 unspecified atom stereocenters. The monoisotopic (exact) mass is 314 g/mol. The summed E-state index contributed by atoms with van der Waals surface area (Å²) in [7, 11) is 0. The van der Waals surface area contributed by atoms with Gasteiger partial charge in [-0.3, -0.25) is 4.90 Å². The van der Waals surface area contributed by atoms with Gasteiger partial charge < -0.3 is 10.1 Å². The van der Waals surface area contributed by atoms with E-state index in [1.54, 1.807) is 17.0 Å². The van der Waals surface area contributed by atoms with E-state index in [-0.39, 0.29) is 12.1 Å². The Bertz CT molecular complexity index is 764. The Morgan fingerprint density at radius 1 is 1.27 bits per heavy atom. The fourth-order valence-electron chi connectivity index (χ4n) is 3.33. The number of urea groups is 1. The van der Waals surface area contributed by atoms with Crippen LogP contribution in [0.2, 0.25) is 5.02 Å². The average Bonchev–Trinajstić information content (AvgIpc) is 2.46. The minimum Gasteiger partial charge on any atom is -0.467 e. The maximum absolute atomic E-state index is 12.6. The summed E-state index contributed by atoms with van der Waals surface area (Å²) >= 11 is 6.07. The number of ether oxygens (including phenoxy) is 1. The van der Waals surface area contributed by atoms with Crippen LogP contribution in [0.3, 0.4) is 0 Å². The van der Waals surface area contributed by atoms with Crippen LogP contribution in [-0.4, -0.2) is 11.8 Å². The van der Waals surface area contributed by atoms with Gasteiger partial charge in [0.15, 0.2) is 5.72 Å². The Labute approximate surface area is 133 Å². The summed E-state index contributed by atoms with van der Waals surface area (Å²) in [6.45, 7) is 1.94. The second kappa shape index (κ2) is 4.65. The zero-order chi connectivity index (χ0) is 15.3. The molecule has 2 bridgehead atoms. The van der Waals surface area contributed by atoms with Gasteiger partial charge in [-0.05, 0) is 31.2 Å². The van der Waals surface area contributed by atoms with Crippen LogP contribution in [0.25, 0.3) is 0 Å². The van der Waals surface area contributed by atoms with Gasteiger partial charge in [0.05, 0.1) is 11.7 Å². The van der Waals surface area contributed by atoms with E-state index in [0.717, 1.165) is 17.0 Å². The summed E-state index contributed by atoms with van der Waals surface area (Å²) < 4.78 is 6.19. The summed E-state index contributed by atoms with van der Waals surface area (Å²) in [6, 6.07) is 14.9. The molecule has 0 aliphatic carbocycles. The van der Waals surface area contributed by atoms with E-state index in [0.29, 0.717) is 11.4 Å². The van der Waals surface area contributed by atoms with Crippen molar-refractivity contribution in [3.8, 4) is 5.75 Å². The van der Waals surface area contributed by atoms with E-state index in [9.17, 15) is 4.79 Å². The number of carbonyl (C=O) groups excluding carboxylic acids is 1. The fourth-order valence-corrected chi connectivity index (χ4v) is 3.51. The summed E-state index contributed by atoms with van der Waals surface area (Å²) in [6.07, 6.45) is 0.683. The molecule has 4 rings (SSSR count). The SMILES string of the molecule is C[C@]12C[C@H](NC(=O)N1c1cccc(Cl)c1)c1ccccc1O2. The zero-order valence-electron chi connectivity index (χ0n) is 12.0. The third-order valence-electron chi connectivity index (χ3n) is 4.25. The molecule has 2 aliphatic rings. The molecule has 0 aromatic heterocycles. The quantitative estimate of drug-likeness (QED) is 0.860. The molecule has 2 heterocycles.